The Bertz CT molecular complexity index is 1430. The number of nitrogens with one attached hydrogen (secondary N) is 3. The third kappa shape index (κ3) is 7.93. The van der Waals surface area contributed by atoms with Crippen molar-refractivity contribution < 1.29 is 38.2 Å². The molecule has 42 heavy (non-hydrogen) atoms. The molecular weight excluding hydrogens is 548 g/mol. The van der Waals surface area contributed by atoms with E-state index in [1.807, 2.05) is 0 Å². The maximum absolute atomic E-state index is 13.2. The molecular formula is C29H34N4O9. The Morgan fingerprint density at radius 1 is 0.738 bits per heavy atom. The van der Waals surface area contributed by atoms with Crippen LogP contribution in [0.2, 0.25) is 0 Å². The minimum absolute atomic E-state index is 0.0110. The van der Waals surface area contributed by atoms with Crippen LogP contribution in [0, 0.1) is 10.1 Å². The lowest BCUT2D eigenvalue weighted by atomic mass is 10.1. The average Bonchev–Trinajstić information content (AvgIpc) is 2.97. The second-order valence-electron chi connectivity index (χ2n) is 8.53. The van der Waals surface area contributed by atoms with E-state index in [1.165, 1.54) is 32.4 Å². The van der Waals surface area contributed by atoms with Crippen LogP contribution in [0.4, 0.5) is 21.9 Å². The highest BCUT2D eigenvalue weighted by Gasteiger charge is 2.21. The van der Waals surface area contributed by atoms with Crippen LogP contribution >= 0.6 is 0 Å². The fourth-order valence-corrected chi connectivity index (χ4v) is 3.96. The van der Waals surface area contributed by atoms with Crippen LogP contribution in [0.1, 0.15) is 36.7 Å². The van der Waals surface area contributed by atoms with Gasteiger partial charge in [-0.15, -0.1) is 0 Å². The molecule has 0 bridgehead atoms. The highest BCUT2D eigenvalue weighted by molar-refractivity contribution is 6.07. The Morgan fingerprint density at radius 3 is 1.95 bits per heavy atom. The molecule has 3 N–H and O–H groups in total. The van der Waals surface area contributed by atoms with E-state index in [4.69, 9.17) is 23.7 Å². The third-order valence-corrected chi connectivity index (χ3v) is 5.80. The van der Waals surface area contributed by atoms with Crippen molar-refractivity contribution in [2.75, 3.05) is 44.7 Å². The minimum atomic E-state index is -0.579. The van der Waals surface area contributed by atoms with E-state index in [0.717, 1.165) is 0 Å². The van der Waals surface area contributed by atoms with Gasteiger partial charge in [0.2, 0.25) is 0 Å². The van der Waals surface area contributed by atoms with Crippen molar-refractivity contribution in [2.45, 2.75) is 27.3 Å². The standard InChI is InChI=1S/C29H34N4O9/c1-6-40-23-11-9-19(14-21(23)28(34)31-20-10-12-24(38-4)27(15-20)39-5)32-29(35)30-17-18-13-26(42-8-3)22(33(36)37)16-25(18)41-7-2/h9-16H,6-8,17H2,1-5H3,(H,31,34)(H2,30,32,35). The number of hydrogen-bond donors (Lipinski definition) is 3. The van der Waals surface area contributed by atoms with Crippen LogP contribution in [-0.4, -0.2) is 50.9 Å². The summed E-state index contributed by atoms with van der Waals surface area (Å²) in [7, 11) is 3.01. The van der Waals surface area contributed by atoms with E-state index in [0.29, 0.717) is 40.8 Å². The fourth-order valence-electron chi connectivity index (χ4n) is 3.96. The summed E-state index contributed by atoms with van der Waals surface area (Å²) < 4.78 is 27.1. The zero-order chi connectivity index (χ0) is 30.6. The van der Waals surface area contributed by atoms with Gasteiger partial charge < -0.3 is 39.6 Å². The minimum Gasteiger partial charge on any atom is -0.493 e. The molecule has 0 radical (unpaired) electrons. The molecule has 13 heteroatoms. The first-order chi connectivity index (χ1) is 20.2. The van der Waals surface area contributed by atoms with Crippen molar-refractivity contribution >= 4 is 29.0 Å². The van der Waals surface area contributed by atoms with Gasteiger partial charge in [-0.2, -0.15) is 0 Å². The molecule has 0 unspecified atom stereocenters. The quantitative estimate of drug-likeness (QED) is 0.167. The number of urea groups is 1. The van der Waals surface area contributed by atoms with Crippen molar-refractivity contribution in [1.82, 2.24) is 5.32 Å². The molecule has 3 amide bonds. The third-order valence-electron chi connectivity index (χ3n) is 5.80. The van der Waals surface area contributed by atoms with Gasteiger partial charge in [-0.1, -0.05) is 0 Å². The monoisotopic (exact) mass is 582 g/mol. The molecule has 0 aliphatic rings. The second-order valence-corrected chi connectivity index (χ2v) is 8.53. The van der Waals surface area contributed by atoms with Gasteiger partial charge in [0.05, 0.1) is 50.6 Å². The molecule has 0 aliphatic heterocycles. The Labute approximate surface area is 243 Å². The summed E-state index contributed by atoms with van der Waals surface area (Å²) in [5, 5.41) is 19.7. The number of nitrogens with zero attached hydrogens (tertiary/aromatic N) is 1. The van der Waals surface area contributed by atoms with E-state index in [9.17, 15) is 19.7 Å². The summed E-state index contributed by atoms with van der Waals surface area (Å²) in [5.41, 5.74) is 1.25. The van der Waals surface area contributed by atoms with E-state index in [1.54, 1.807) is 51.1 Å². The van der Waals surface area contributed by atoms with Gasteiger partial charge in [0.25, 0.3) is 5.91 Å². The predicted octanol–water partition coefficient (Wildman–Crippen LogP) is 5.38. The van der Waals surface area contributed by atoms with E-state index in [-0.39, 0.29) is 42.5 Å². The highest BCUT2D eigenvalue weighted by atomic mass is 16.6. The summed E-state index contributed by atoms with van der Waals surface area (Å²) in [6.45, 7) is 6.06. The number of carbonyl (C=O) groups excluding carboxylic acids is 2. The number of rotatable bonds is 14. The summed E-state index contributed by atoms with van der Waals surface area (Å²) in [5.74, 6) is 1.14. The SMILES string of the molecule is CCOc1cc([N+](=O)[O-])c(OCC)cc1CNC(=O)Nc1ccc(OCC)c(C(=O)Nc2ccc(OC)c(OC)c2)c1. The first-order valence-electron chi connectivity index (χ1n) is 13.2. The Morgan fingerprint density at radius 2 is 1.33 bits per heavy atom. The van der Waals surface area contributed by atoms with Gasteiger partial charge in [-0.25, -0.2) is 4.79 Å². The van der Waals surface area contributed by atoms with Gasteiger partial charge in [-0.3, -0.25) is 14.9 Å². The molecule has 0 heterocycles. The Balaban J connectivity index is 1.78. The number of benzene rings is 3. The molecule has 0 aliphatic carbocycles. The van der Waals surface area contributed by atoms with E-state index < -0.39 is 16.9 Å². The van der Waals surface area contributed by atoms with E-state index in [2.05, 4.69) is 16.0 Å². The molecule has 0 fully saturated rings. The number of hydrogen-bond acceptors (Lipinski definition) is 9. The van der Waals surface area contributed by atoms with Gasteiger partial charge in [0, 0.05) is 29.5 Å². The van der Waals surface area contributed by atoms with Gasteiger partial charge >= 0.3 is 11.7 Å². The first kappa shape index (κ1) is 31.3. The van der Waals surface area contributed by atoms with Gasteiger partial charge in [0.1, 0.15) is 11.5 Å². The fraction of sp³-hybridized carbons (Fsp3) is 0.310. The molecule has 3 rings (SSSR count). The molecule has 0 saturated heterocycles. The lowest BCUT2D eigenvalue weighted by molar-refractivity contribution is -0.385. The topological polar surface area (TPSA) is 160 Å². The number of methoxy groups -OCH3 is 2. The lowest BCUT2D eigenvalue weighted by Gasteiger charge is -2.15. The molecule has 0 spiro atoms. The maximum Gasteiger partial charge on any atom is 0.319 e. The molecule has 0 atom stereocenters. The molecule has 13 nitrogen and oxygen atoms in total. The molecule has 3 aromatic rings. The van der Waals surface area contributed by atoms with Crippen molar-refractivity contribution in [1.29, 1.82) is 0 Å². The molecule has 0 aromatic heterocycles. The Hall–Kier alpha value is -5.20. The summed E-state index contributed by atoms with van der Waals surface area (Å²) in [6, 6.07) is 11.8. The lowest BCUT2D eigenvalue weighted by Crippen LogP contribution is -2.28. The maximum atomic E-state index is 13.2. The van der Waals surface area contributed by atoms with Crippen LogP contribution in [0.3, 0.4) is 0 Å². The van der Waals surface area contributed by atoms with Gasteiger partial charge in [0.15, 0.2) is 17.2 Å². The number of amides is 3. The van der Waals surface area contributed by atoms with Crippen LogP contribution in [-0.2, 0) is 6.54 Å². The van der Waals surface area contributed by atoms with Crippen LogP contribution in [0.25, 0.3) is 0 Å². The smallest absolute Gasteiger partial charge is 0.319 e. The number of anilines is 2. The normalized spacial score (nSPS) is 10.3. The molecule has 0 saturated carbocycles. The van der Waals surface area contributed by atoms with Crippen molar-refractivity contribution in [3.63, 3.8) is 0 Å². The highest BCUT2D eigenvalue weighted by Crippen LogP contribution is 2.35. The van der Waals surface area contributed by atoms with Crippen LogP contribution in [0.5, 0.6) is 28.7 Å². The first-order valence-corrected chi connectivity index (χ1v) is 13.2. The zero-order valence-electron chi connectivity index (χ0n) is 24.1. The Kier molecular flexibility index (Phi) is 11.2. The molecule has 3 aromatic carbocycles. The van der Waals surface area contributed by atoms with Crippen LogP contribution in [0.15, 0.2) is 48.5 Å². The summed E-state index contributed by atoms with van der Waals surface area (Å²) in [6.07, 6.45) is 0. The van der Waals surface area contributed by atoms with Crippen LogP contribution < -0.4 is 39.6 Å². The van der Waals surface area contributed by atoms with Crippen molar-refractivity contribution in [2.24, 2.45) is 0 Å². The van der Waals surface area contributed by atoms with Crippen molar-refractivity contribution in [3.8, 4) is 28.7 Å². The average molecular weight is 583 g/mol. The second kappa shape index (κ2) is 15.0. The summed E-state index contributed by atoms with van der Waals surface area (Å²) >= 11 is 0. The number of nitro groups is 1. The van der Waals surface area contributed by atoms with E-state index >= 15 is 0 Å². The summed E-state index contributed by atoms with van der Waals surface area (Å²) in [4.78, 5) is 36.9. The molecule has 224 valence electrons. The number of nitro benzene ring substituents is 1. The van der Waals surface area contributed by atoms with Crippen molar-refractivity contribution in [3.05, 3.63) is 69.8 Å². The largest absolute Gasteiger partial charge is 0.493 e. The predicted molar refractivity (Wildman–Crippen MR) is 156 cm³/mol. The number of carbonyl (C=O) groups is 2. The van der Waals surface area contributed by atoms with Gasteiger partial charge in [-0.05, 0) is 57.2 Å². The zero-order valence-corrected chi connectivity index (χ0v) is 24.1. The number of ether oxygens (including phenoxy) is 5.